The van der Waals surface area contributed by atoms with Gasteiger partial charge >= 0.3 is 6.18 Å². The molecule has 0 aromatic carbocycles. The van der Waals surface area contributed by atoms with Crippen molar-refractivity contribution >= 4 is 23.4 Å². The summed E-state index contributed by atoms with van der Waals surface area (Å²) in [5.74, 6) is -0.430. The SMILES string of the molecule is COc1cc(-c2cc(C(=O)N3CCC(C(=O)N[C@H]4CC[C@@H](C(F)(F)F)OC4)CC3)[nH]n2)c(Cl)cn1. The number of carbonyl (C=O) groups is 2. The molecule has 2 fully saturated rings. The highest BCUT2D eigenvalue weighted by atomic mass is 35.5. The molecule has 4 rings (SSSR count). The average Bonchev–Trinajstić information content (AvgIpc) is 3.34. The Morgan fingerprint density at radius 3 is 2.60 bits per heavy atom. The molecule has 2 aliphatic rings. The summed E-state index contributed by atoms with van der Waals surface area (Å²) >= 11 is 6.20. The standard InChI is InChI=1S/C22H25ClF3N5O4/c1-34-19-8-14(15(23)10-27-19)16-9-17(30-29-16)21(33)31-6-4-12(5-7-31)20(32)28-13-2-3-18(35-11-13)22(24,25)26/h8-10,12-13,18H,2-7,11H2,1H3,(H,28,32)(H,29,30)/t13-,18-/m0/s1. The first-order valence-electron chi connectivity index (χ1n) is 11.2. The average molecular weight is 516 g/mol. The van der Waals surface area contributed by atoms with Crippen LogP contribution in [0.1, 0.15) is 36.2 Å². The quantitative estimate of drug-likeness (QED) is 0.633. The van der Waals surface area contributed by atoms with Crippen molar-refractivity contribution in [3.63, 3.8) is 0 Å². The topological polar surface area (TPSA) is 109 Å². The highest BCUT2D eigenvalue weighted by Crippen LogP contribution is 2.31. The van der Waals surface area contributed by atoms with Gasteiger partial charge in [-0.25, -0.2) is 4.98 Å². The van der Waals surface area contributed by atoms with E-state index in [9.17, 15) is 22.8 Å². The first-order valence-corrected chi connectivity index (χ1v) is 11.6. The molecule has 2 aliphatic heterocycles. The van der Waals surface area contributed by atoms with Gasteiger partial charge in [-0.1, -0.05) is 11.6 Å². The maximum absolute atomic E-state index is 12.9. The van der Waals surface area contributed by atoms with E-state index in [1.54, 1.807) is 17.0 Å². The molecule has 2 saturated heterocycles. The number of hydrogen-bond donors (Lipinski definition) is 2. The normalized spacial score (nSPS) is 21.6. The fourth-order valence-electron chi connectivity index (χ4n) is 4.25. The fourth-order valence-corrected chi connectivity index (χ4v) is 4.45. The number of methoxy groups -OCH3 is 1. The maximum Gasteiger partial charge on any atom is 0.414 e. The Bertz CT molecular complexity index is 1060. The first-order chi connectivity index (χ1) is 16.7. The molecule has 0 saturated carbocycles. The molecule has 0 bridgehead atoms. The van der Waals surface area contributed by atoms with Crippen LogP contribution >= 0.6 is 11.6 Å². The van der Waals surface area contributed by atoms with E-state index in [1.165, 1.54) is 13.3 Å². The molecule has 0 radical (unpaired) electrons. The monoisotopic (exact) mass is 515 g/mol. The zero-order chi connectivity index (χ0) is 25.2. The third kappa shape index (κ3) is 5.87. The minimum atomic E-state index is -4.39. The van der Waals surface area contributed by atoms with Crippen molar-refractivity contribution < 1.29 is 32.2 Å². The number of amides is 2. The van der Waals surface area contributed by atoms with E-state index in [2.05, 4.69) is 20.5 Å². The minimum Gasteiger partial charge on any atom is -0.481 e. The van der Waals surface area contributed by atoms with Crippen LogP contribution in [0.3, 0.4) is 0 Å². The molecule has 2 aromatic heterocycles. The number of halogens is 4. The lowest BCUT2D eigenvalue weighted by Gasteiger charge is -2.34. The number of aromatic amines is 1. The van der Waals surface area contributed by atoms with Crippen LogP contribution in [0.15, 0.2) is 18.3 Å². The fraction of sp³-hybridized carbons (Fsp3) is 0.545. The Morgan fingerprint density at radius 1 is 1.23 bits per heavy atom. The van der Waals surface area contributed by atoms with Gasteiger partial charge in [0.05, 0.1) is 36.7 Å². The van der Waals surface area contributed by atoms with Gasteiger partial charge in [0, 0.05) is 30.6 Å². The molecule has 0 aliphatic carbocycles. The Hall–Kier alpha value is -2.86. The molecule has 2 atom stereocenters. The van der Waals surface area contributed by atoms with Gasteiger partial charge in [0.25, 0.3) is 5.91 Å². The Kier molecular flexibility index (Phi) is 7.50. The van der Waals surface area contributed by atoms with Gasteiger partial charge in [-0.05, 0) is 31.7 Å². The summed E-state index contributed by atoms with van der Waals surface area (Å²) in [6, 6.07) is 2.78. The number of rotatable bonds is 5. The van der Waals surface area contributed by atoms with E-state index in [4.69, 9.17) is 21.1 Å². The van der Waals surface area contributed by atoms with Crippen LogP contribution in [-0.4, -0.2) is 77.0 Å². The molecule has 13 heteroatoms. The summed E-state index contributed by atoms with van der Waals surface area (Å²) in [4.78, 5) is 31.2. The number of hydrogen-bond acceptors (Lipinski definition) is 6. The van der Waals surface area contributed by atoms with Crippen molar-refractivity contribution in [3.05, 3.63) is 29.0 Å². The number of aromatic nitrogens is 3. The number of H-pyrrole nitrogens is 1. The zero-order valence-corrected chi connectivity index (χ0v) is 19.7. The van der Waals surface area contributed by atoms with E-state index in [1.807, 2.05) is 0 Å². The van der Waals surface area contributed by atoms with Crippen LogP contribution in [0.5, 0.6) is 5.88 Å². The Balaban J connectivity index is 1.28. The summed E-state index contributed by atoms with van der Waals surface area (Å²) < 4.78 is 48.1. The van der Waals surface area contributed by atoms with Crippen LogP contribution in [0, 0.1) is 5.92 Å². The number of likely N-dealkylation sites (tertiary alicyclic amines) is 1. The van der Waals surface area contributed by atoms with E-state index in [0.717, 1.165) is 0 Å². The van der Waals surface area contributed by atoms with Gasteiger partial charge in [0.15, 0.2) is 6.10 Å². The molecular weight excluding hydrogens is 491 g/mol. The summed E-state index contributed by atoms with van der Waals surface area (Å²) in [7, 11) is 1.48. The molecule has 9 nitrogen and oxygen atoms in total. The van der Waals surface area contributed by atoms with E-state index in [0.29, 0.717) is 48.1 Å². The van der Waals surface area contributed by atoms with Gasteiger partial charge in [0.2, 0.25) is 11.8 Å². The van der Waals surface area contributed by atoms with Gasteiger partial charge in [0.1, 0.15) is 5.69 Å². The summed E-state index contributed by atoms with van der Waals surface area (Å²) in [5.41, 5.74) is 1.32. The summed E-state index contributed by atoms with van der Waals surface area (Å²) in [5, 5.41) is 10.1. The molecule has 190 valence electrons. The van der Waals surface area contributed by atoms with Gasteiger partial charge in [-0.15, -0.1) is 0 Å². The predicted molar refractivity (Wildman–Crippen MR) is 119 cm³/mol. The summed E-state index contributed by atoms with van der Waals surface area (Å²) in [6.07, 6.45) is -3.79. The molecule has 35 heavy (non-hydrogen) atoms. The third-order valence-corrected chi connectivity index (χ3v) is 6.57. The Labute approximate surface area is 204 Å². The highest BCUT2D eigenvalue weighted by Gasteiger charge is 2.43. The molecule has 2 aromatic rings. The molecule has 0 spiro atoms. The number of ether oxygens (including phenoxy) is 2. The minimum absolute atomic E-state index is 0.164. The lowest BCUT2D eigenvalue weighted by atomic mass is 9.94. The molecule has 4 heterocycles. The Morgan fingerprint density at radius 2 is 1.97 bits per heavy atom. The first kappa shape index (κ1) is 25.2. The number of carbonyl (C=O) groups excluding carboxylic acids is 2. The lowest BCUT2D eigenvalue weighted by molar-refractivity contribution is -0.232. The molecule has 2 N–H and O–H groups in total. The predicted octanol–water partition coefficient (Wildman–Crippen LogP) is 3.21. The maximum atomic E-state index is 12.9. The second kappa shape index (κ2) is 10.4. The van der Waals surface area contributed by atoms with Crippen LogP contribution in [0.25, 0.3) is 11.3 Å². The number of nitrogens with one attached hydrogen (secondary N) is 2. The number of alkyl halides is 3. The highest BCUT2D eigenvalue weighted by molar-refractivity contribution is 6.33. The van der Waals surface area contributed by atoms with Crippen LogP contribution < -0.4 is 10.1 Å². The van der Waals surface area contributed by atoms with Crippen LogP contribution in [-0.2, 0) is 9.53 Å². The lowest BCUT2D eigenvalue weighted by Crippen LogP contribution is -2.49. The largest absolute Gasteiger partial charge is 0.481 e. The summed E-state index contributed by atoms with van der Waals surface area (Å²) in [6.45, 7) is 0.571. The molecule has 2 amide bonds. The number of pyridine rings is 1. The van der Waals surface area contributed by atoms with Gasteiger partial charge < -0.3 is 19.7 Å². The van der Waals surface area contributed by atoms with Crippen molar-refractivity contribution in [2.45, 2.75) is 44.0 Å². The van der Waals surface area contributed by atoms with E-state index >= 15 is 0 Å². The molecular formula is C22H25ClF3N5O4. The van der Waals surface area contributed by atoms with E-state index in [-0.39, 0.29) is 42.9 Å². The van der Waals surface area contributed by atoms with Crippen LogP contribution in [0.4, 0.5) is 13.2 Å². The van der Waals surface area contributed by atoms with Gasteiger partial charge in [-0.2, -0.15) is 18.3 Å². The third-order valence-electron chi connectivity index (χ3n) is 6.26. The van der Waals surface area contributed by atoms with Crippen LogP contribution in [0.2, 0.25) is 5.02 Å². The van der Waals surface area contributed by atoms with E-state index < -0.39 is 18.3 Å². The van der Waals surface area contributed by atoms with Crippen molar-refractivity contribution in [1.29, 1.82) is 0 Å². The number of nitrogens with zero attached hydrogens (tertiary/aromatic N) is 3. The smallest absolute Gasteiger partial charge is 0.414 e. The van der Waals surface area contributed by atoms with Crippen molar-refractivity contribution in [2.75, 3.05) is 26.8 Å². The van der Waals surface area contributed by atoms with Crippen molar-refractivity contribution in [1.82, 2.24) is 25.4 Å². The number of piperidine rings is 1. The second-order valence-corrected chi connectivity index (χ2v) is 8.99. The second-order valence-electron chi connectivity index (χ2n) is 8.59. The van der Waals surface area contributed by atoms with Crippen molar-refractivity contribution in [2.24, 2.45) is 5.92 Å². The van der Waals surface area contributed by atoms with Gasteiger partial charge in [-0.3, -0.25) is 14.7 Å². The molecule has 0 unspecified atom stereocenters. The zero-order valence-electron chi connectivity index (χ0n) is 18.9. The van der Waals surface area contributed by atoms with Crippen molar-refractivity contribution in [3.8, 4) is 17.1 Å².